The molecule has 3 N–H and O–H groups in total. The zero-order valence-electron chi connectivity index (χ0n) is 9.42. The molecule has 0 heterocycles. The molecule has 0 aromatic heterocycles. The Hall–Kier alpha value is -1.22. The highest BCUT2D eigenvalue weighted by Gasteiger charge is 2.03. The average molecular weight is 241 g/mol. The van der Waals surface area contributed by atoms with Crippen LogP contribution in [-0.2, 0) is 4.79 Å². The summed E-state index contributed by atoms with van der Waals surface area (Å²) in [5.41, 5.74) is 6.81. The van der Waals surface area contributed by atoms with Gasteiger partial charge in [-0.1, -0.05) is 31.4 Å². The molecule has 0 fully saturated rings. The second-order valence-corrected chi connectivity index (χ2v) is 4.15. The van der Waals surface area contributed by atoms with Gasteiger partial charge in [0.15, 0.2) is 0 Å². The number of carbonyl (C=O) groups excluding carboxylic acids is 1. The first kappa shape index (κ1) is 12.8. The molecule has 0 spiro atoms. The van der Waals surface area contributed by atoms with E-state index in [9.17, 15) is 4.79 Å². The number of nitrogens with one attached hydrogen (secondary N) is 1. The Morgan fingerprint density at radius 3 is 2.81 bits per heavy atom. The number of unbranched alkanes of at least 4 members (excludes halogenated alkanes) is 2. The van der Waals surface area contributed by atoms with Crippen molar-refractivity contribution < 1.29 is 4.79 Å². The lowest BCUT2D eigenvalue weighted by molar-refractivity contribution is -0.116. The maximum Gasteiger partial charge on any atom is 0.224 e. The van der Waals surface area contributed by atoms with Crippen LogP contribution < -0.4 is 11.1 Å². The van der Waals surface area contributed by atoms with Gasteiger partial charge in [-0.2, -0.15) is 0 Å². The topological polar surface area (TPSA) is 55.1 Å². The van der Waals surface area contributed by atoms with Gasteiger partial charge in [0, 0.05) is 12.1 Å². The number of hydrogen-bond donors (Lipinski definition) is 2. The van der Waals surface area contributed by atoms with E-state index >= 15 is 0 Å². The van der Waals surface area contributed by atoms with Crippen molar-refractivity contribution in [3.63, 3.8) is 0 Å². The van der Waals surface area contributed by atoms with Crippen molar-refractivity contribution in [1.29, 1.82) is 0 Å². The molecule has 0 unspecified atom stereocenters. The van der Waals surface area contributed by atoms with Crippen molar-refractivity contribution in [3.05, 3.63) is 23.2 Å². The van der Waals surface area contributed by atoms with E-state index in [4.69, 9.17) is 17.3 Å². The smallest absolute Gasteiger partial charge is 0.224 e. The highest BCUT2D eigenvalue weighted by Crippen LogP contribution is 2.22. The normalized spacial score (nSPS) is 10.1. The summed E-state index contributed by atoms with van der Waals surface area (Å²) in [6.07, 6.45) is 3.67. The molecule has 0 saturated heterocycles. The molecule has 0 bridgehead atoms. The Bertz CT molecular complexity index is 366. The van der Waals surface area contributed by atoms with E-state index < -0.39 is 0 Å². The van der Waals surface area contributed by atoms with Gasteiger partial charge in [-0.15, -0.1) is 0 Å². The average Bonchev–Trinajstić information content (AvgIpc) is 2.24. The van der Waals surface area contributed by atoms with Gasteiger partial charge in [0.2, 0.25) is 5.91 Å². The summed E-state index contributed by atoms with van der Waals surface area (Å²) in [5, 5.41) is 3.29. The molecule has 16 heavy (non-hydrogen) atoms. The molecule has 0 radical (unpaired) electrons. The number of nitrogens with two attached hydrogens (primary N) is 1. The molecule has 3 nitrogen and oxygen atoms in total. The number of carbonyl (C=O) groups is 1. The lowest BCUT2D eigenvalue weighted by Gasteiger charge is -2.06. The molecule has 0 aliphatic heterocycles. The van der Waals surface area contributed by atoms with Crippen LogP contribution >= 0.6 is 11.6 Å². The monoisotopic (exact) mass is 240 g/mol. The highest BCUT2D eigenvalue weighted by atomic mass is 35.5. The minimum Gasteiger partial charge on any atom is -0.397 e. The SMILES string of the molecule is CCCCCC(=O)Nc1ccc(Cl)c(N)c1. The molecular weight excluding hydrogens is 224 g/mol. The van der Waals surface area contributed by atoms with E-state index in [1.807, 2.05) is 0 Å². The van der Waals surface area contributed by atoms with Crippen LogP contribution in [0.4, 0.5) is 11.4 Å². The van der Waals surface area contributed by atoms with E-state index in [1.54, 1.807) is 18.2 Å². The second-order valence-electron chi connectivity index (χ2n) is 3.74. The first-order chi connectivity index (χ1) is 7.63. The summed E-state index contributed by atoms with van der Waals surface area (Å²) >= 11 is 5.78. The van der Waals surface area contributed by atoms with Crippen LogP contribution in [0.1, 0.15) is 32.6 Å². The molecule has 0 aliphatic rings. The van der Waals surface area contributed by atoms with Crippen LogP contribution in [0.3, 0.4) is 0 Å². The summed E-state index contributed by atoms with van der Waals surface area (Å²) < 4.78 is 0. The second kappa shape index (κ2) is 6.38. The summed E-state index contributed by atoms with van der Waals surface area (Å²) in [6, 6.07) is 5.09. The first-order valence-corrected chi connectivity index (χ1v) is 5.86. The molecule has 0 saturated carbocycles. The van der Waals surface area contributed by atoms with Gasteiger partial charge >= 0.3 is 0 Å². The fraction of sp³-hybridized carbons (Fsp3) is 0.417. The van der Waals surface area contributed by atoms with Crippen molar-refractivity contribution in [2.75, 3.05) is 11.1 Å². The zero-order valence-corrected chi connectivity index (χ0v) is 10.2. The number of hydrogen-bond acceptors (Lipinski definition) is 2. The van der Waals surface area contributed by atoms with Gasteiger partial charge in [-0.05, 0) is 24.6 Å². The van der Waals surface area contributed by atoms with Gasteiger partial charge in [0.05, 0.1) is 10.7 Å². The molecule has 1 rings (SSSR count). The molecule has 1 amide bonds. The van der Waals surface area contributed by atoms with E-state index in [0.717, 1.165) is 19.3 Å². The first-order valence-electron chi connectivity index (χ1n) is 5.48. The molecular formula is C12H17ClN2O. The van der Waals surface area contributed by atoms with Gasteiger partial charge in [0.25, 0.3) is 0 Å². The van der Waals surface area contributed by atoms with Gasteiger partial charge in [0.1, 0.15) is 0 Å². The fourth-order valence-electron chi connectivity index (χ4n) is 1.38. The Balaban J connectivity index is 2.46. The van der Waals surface area contributed by atoms with Crippen molar-refractivity contribution in [2.24, 2.45) is 0 Å². The molecule has 0 aliphatic carbocycles. The van der Waals surface area contributed by atoms with Crippen LogP contribution in [-0.4, -0.2) is 5.91 Å². The van der Waals surface area contributed by atoms with Gasteiger partial charge in [-0.25, -0.2) is 0 Å². The van der Waals surface area contributed by atoms with Crippen LogP contribution in [0.2, 0.25) is 5.02 Å². The van der Waals surface area contributed by atoms with E-state index in [-0.39, 0.29) is 5.91 Å². The highest BCUT2D eigenvalue weighted by molar-refractivity contribution is 6.33. The summed E-state index contributed by atoms with van der Waals surface area (Å²) in [6.45, 7) is 2.11. The van der Waals surface area contributed by atoms with Crippen LogP contribution in [0, 0.1) is 0 Å². The van der Waals surface area contributed by atoms with Gasteiger partial charge in [-0.3, -0.25) is 4.79 Å². The van der Waals surface area contributed by atoms with Crippen LogP contribution in [0.25, 0.3) is 0 Å². The van der Waals surface area contributed by atoms with E-state index in [0.29, 0.717) is 22.8 Å². The Morgan fingerprint density at radius 2 is 2.19 bits per heavy atom. The van der Waals surface area contributed by atoms with Crippen LogP contribution in [0.5, 0.6) is 0 Å². The number of rotatable bonds is 5. The lowest BCUT2D eigenvalue weighted by Crippen LogP contribution is -2.11. The predicted molar refractivity (Wildman–Crippen MR) is 68.6 cm³/mol. The Morgan fingerprint density at radius 1 is 1.44 bits per heavy atom. The third-order valence-corrected chi connectivity index (χ3v) is 2.63. The summed E-state index contributed by atoms with van der Waals surface area (Å²) in [4.78, 5) is 11.5. The lowest BCUT2D eigenvalue weighted by atomic mass is 10.2. The predicted octanol–water partition coefficient (Wildman–Crippen LogP) is 3.44. The zero-order chi connectivity index (χ0) is 12.0. The third-order valence-electron chi connectivity index (χ3n) is 2.29. The summed E-state index contributed by atoms with van der Waals surface area (Å²) in [5.74, 6) is 0.0233. The maximum absolute atomic E-state index is 11.5. The van der Waals surface area contributed by atoms with E-state index in [1.165, 1.54) is 0 Å². The minimum absolute atomic E-state index is 0.0233. The van der Waals surface area contributed by atoms with E-state index in [2.05, 4.69) is 12.2 Å². The fourth-order valence-corrected chi connectivity index (χ4v) is 1.50. The maximum atomic E-state index is 11.5. The number of halogens is 1. The molecule has 0 atom stereocenters. The largest absolute Gasteiger partial charge is 0.397 e. The van der Waals surface area contributed by atoms with Crippen molar-refractivity contribution in [3.8, 4) is 0 Å². The van der Waals surface area contributed by atoms with Gasteiger partial charge < -0.3 is 11.1 Å². The number of benzene rings is 1. The molecule has 4 heteroatoms. The number of amides is 1. The molecule has 1 aromatic carbocycles. The third kappa shape index (κ3) is 4.11. The molecule has 88 valence electrons. The number of anilines is 2. The number of nitrogen functional groups attached to an aromatic ring is 1. The van der Waals surface area contributed by atoms with Crippen molar-refractivity contribution in [1.82, 2.24) is 0 Å². The standard InChI is InChI=1S/C12H17ClN2O/c1-2-3-4-5-12(16)15-9-6-7-10(13)11(14)8-9/h6-8H,2-5,14H2,1H3,(H,15,16). The Kier molecular flexibility index (Phi) is 5.12. The quantitative estimate of drug-likeness (QED) is 0.612. The van der Waals surface area contributed by atoms with Crippen LogP contribution in [0.15, 0.2) is 18.2 Å². The minimum atomic E-state index is 0.0233. The Labute approximate surface area is 101 Å². The molecule has 1 aromatic rings. The van der Waals surface area contributed by atoms with Crippen molar-refractivity contribution >= 4 is 28.9 Å². The van der Waals surface area contributed by atoms with Crippen molar-refractivity contribution in [2.45, 2.75) is 32.6 Å². The summed E-state index contributed by atoms with van der Waals surface area (Å²) in [7, 11) is 0.